The number of rotatable bonds is 25. The summed E-state index contributed by atoms with van der Waals surface area (Å²) in [4.78, 5) is 58.4. The van der Waals surface area contributed by atoms with Crippen LogP contribution in [0.5, 0.6) is 0 Å². The van der Waals surface area contributed by atoms with Crippen molar-refractivity contribution in [3.63, 3.8) is 0 Å². The molecule has 232 valence electrons. The largest absolute Gasteiger partial charge is 0.478 e. The Bertz CT molecular complexity index is 737. The van der Waals surface area contributed by atoms with Gasteiger partial charge in [0.05, 0.1) is 6.61 Å². The van der Waals surface area contributed by atoms with Gasteiger partial charge in [0.15, 0.2) is 6.10 Å². The molecule has 0 aromatic heterocycles. The molecule has 0 heterocycles. The Morgan fingerprint density at radius 1 is 0.625 bits per heavy atom. The molecular formula is C29H50O11. The van der Waals surface area contributed by atoms with E-state index in [4.69, 9.17) is 9.47 Å². The van der Waals surface area contributed by atoms with Crippen LogP contribution in [0.25, 0.3) is 0 Å². The quantitative estimate of drug-likeness (QED) is 0.0887. The van der Waals surface area contributed by atoms with Crippen molar-refractivity contribution in [1.29, 1.82) is 0 Å². The van der Waals surface area contributed by atoms with Gasteiger partial charge in [-0.15, -0.1) is 0 Å². The molecule has 0 aliphatic heterocycles. The van der Waals surface area contributed by atoms with Crippen LogP contribution in [0.3, 0.4) is 0 Å². The van der Waals surface area contributed by atoms with Crippen LogP contribution in [0.4, 0.5) is 0 Å². The van der Waals surface area contributed by atoms with E-state index in [1.54, 1.807) is 0 Å². The third-order valence-electron chi connectivity index (χ3n) is 6.24. The van der Waals surface area contributed by atoms with E-state index in [0.29, 0.717) is 6.42 Å². The Balaban J connectivity index is 4.15. The number of carbonyl (C=O) groups is 5. The molecule has 0 amide bonds. The smallest absolute Gasteiger partial charge is 0.352 e. The summed E-state index contributed by atoms with van der Waals surface area (Å²) in [5.74, 6) is -5.68. The van der Waals surface area contributed by atoms with Crippen LogP contribution in [-0.4, -0.2) is 71.6 Å². The molecule has 0 aliphatic rings. The minimum atomic E-state index is -2.15. The van der Waals surface area contributed by atoms with Gasteiger partial charge < -0.3 is 29.2 Å². The first-order chi connectivity index (χ1) is 19.1. The fourth-order valence-electron chi connectivity index (χ4n) is 4.09. The number of unbranched alkanes of at least 4 members (excludes halogenated alkanes) is 14. The monoisotopic (exact) mass is 574 g/mol. The normalized spacial score (nSPS) is 13.1. The maximum Gasteiger partial charge on any atom is 0.352 e. The van der Waals surface area contributed by atoms with Crippen molar-refractivity contribution in [2.24, 2.45) is 0 Å². The van der Waals surface area contributed by atoms with Crippen LogP contribution in [0.15, 0.2) is 0 Å². The number of carboxylic acid groups (broad SMARTS) is 1. The van der Waals surface area contributed by atoms with E-state index in [9.17, 15) is 34.2 Å². The fourth-order valence-corrected chi connectivity index (χ4v) is 4.09. The van der Waals surface area contributed by atoms with Gasteiger partial charge in [-0.2, -0.15) is 0 Å². The van der Waals surface area contributed by atoms with Gasteiger partial charge in [0.1, 0.15) is 6.61 Å². The van der Waals surface area contributed by atoms with Crippen molar-refractivity contribution in [1.82, 2.24) is 0 Å². The Hall–Kier alpha value is -2.69. The number of carboxylic acids is 1. The maximum absolute atomic E-state index is 12.4. The van der Waals surface area contributed by atoms with Gasteiger partial charge in [-0.3, -0.25) is 14.4 Å². The molecule has 0 bridgehead atoms. The van der Waals surface area contributed by atoms with Crippen LogP contribution in [0.2, 0.25) is 0 Å². The molecule has 0 aliphatic carbocycles. The third-order valence-corrected chi connectivity index (χ3v) is 6.24. The highest BCUT2D eigenvalue weighted by molar-refractivity contribution is 5.88. The van der Waals surface area contributed by atoms with Gasteiger partial charge >= 0.3 is 29.8 Å². The number of aliphatic hydroxyl groups is 1. The highest BCUT2D eigenvalue weighted by Gasteiger charge is 2.41. The first-order valence-corrected chi connectivity index (χ1v) is 14.7. The van der Waals surface area contributed by atoms with Crippen LogP contribution in [-0.2, 0) is 42.9 Å². The average molecular weight is 575 g/mol. The van der Waals surface area contributed by atoms with Crippen molar-refractivity contribution in [3.8, 4) is 0 Å². The molecule has 0 rings (SSSR count). The van der Waals surface area contributed by atoms with Gasteiger partial charge in [-0.05, 0) is 6.42 Å². The summed E-state index contributed by atoms with van der Waals surface area (Å²) in [5, 5.41) is 18.7. The molecule has 0 fully saturated rings. The van der Waals surface area contributed by atoms with E-state index in [0.717, 1.165) is 33.1 Å². The highest BCUT2D eigenvalue weighted by Crippen LogP contribution is 2.14. The molecule has 0 saturated heterocycles. The summed E-state index contributed by atoms with van der Waals surface area (Å²) in [6.07, 6.45) is 12.7. The summed E-state index contributed by atoms with van der Waals surface area (Å²) < 4.78 is 19.3. The van der Waals surface area contributed by atoms with E-state index in [1.807, 2.05) is 0 Å². The number of esters is 4. The predicted octanol–water partition coefficient (Wildman–Crippen LogP) is 4.64. The lowest BCUT2D eigenvalue weighted by Gasteiger charge is -2.24. The van der Waals surface area contributed by atoms with Crippen LogP contribution < -0.4 is 0 Å². The van der Waals surface area contributed by atoms with Crippen LogP contribution in [0.1, 0.15) is 124 Å². The second-order valence-corrected chi connectivity index (χ2v) is 10.0. The number of hydrogen-bond donors (Lipinski definition) is 2. The molecule has 0 saturated carbocycles. The lowest BCUT2D eigenvalue weighted by molar-refractivity contribution is -0.193. The highest BCUT2D eigenvalue weighted by atomic mass is 16.6. The van der Waals surface area contributed by atoms with Crippen molar-refractivity contribution in [2.45, 2.75) is 142 Å². The third kappa shape index (κ3) is 20.2. The standard InChI is InChI=1S/C29H50O11/c1-4-5-6-7-8-9-10-11-12-13-14-15-16-17-18-19-25(33)37-21-24(20-30)40-29(36)27(39-23(3)32)26(28(34)35)38-22(2)31/h24,26-27,30H,4-21H2,1-3H3,(H,34,35). The molecule has 0 spiro atoms. The van der Waals surface area contributed by atoms with E-state index < -0.39 is 61.4 Å². The summed E-state index contributed by atoms with van der Waals surface area (Å²) in [7, 11) is 0. The second-order valence-electron chi connectivity index (χ2n) is 10.0. The Morgan fingerprint density at radius 2 is 1.05 bits per heavy atom. The van der Waals surface area contributed by atoms with Gasteiger partial charge in [-0.1, -0.05) is 96.8 Å². The maximum atomic E-state index is 12.4. The van der Waals surface area contributed by atoms with Crippen LogP contribution in [0, 0.1) is 0 Å². The molecule has 11 heteroatoms. The minimum Gasteiger partial charge on any atom is -0.478 e. The number of aliphatic hydroxyl groups excluding tert-OH is 1. The van der Waals surface area contributed by atoms with Crippen molar-refractivity contribution >= 4 is 29.8 Å². The molecule has 11 nitrogen and oxygen atoms in total. The Morgan fingerprint density at radius 3 is 1.45 bits per heavy atom. The topological polar surface area (TPSA) is 163 Å². The molecule has 3 atom stereocenters. The average Bonchev–Trinajstić information content (AvgIpc) is 2.90. The molecule has 40 heavy (non-hydrogen) atoms. The summed E-state index contributed by atoms with van der Waals surface area (Å²) in [5.41, 5.74) is 0. The summed E-state index contributed by atoms with van der Waals surface area (Å²) >= 11 is 0. The van der Waals surface area contributed by atoms with Crippen LogP contribution >= 0.6 is 0 Å². The summed E-state index contributed by atoms with van der Waals surface area (Å²) in [6.45, 7) is 2.87. The first-order valence-electron chi connectivity index (χ1n) is 14.7. The fraction of sp³-hybridized carbons (Fsp3) is 0.828. The van der Waals surface area contributed by atoms with Gasteiger partial charge in [0.25, 0.3) is 0 Å². The Kier molecular flexibility index (Phi) is 22.5. The molecule has 3 unspecified atom stereocenters. The zero-order chi connectivity index (χ0) is 30.2. The van der Waals surface area contributed by atoms with E-state index in [1.165, 1.54) is 70.6 Å². The van der Waals surface area contributed by atoms with Crippen molar-refractivity contribution in [2.75, 3.05) is 13.2 Å². The predicted molar refractivity (Wildman–Crippen MR) is 146 cm³/mol. The zero-order valence-electron chi connectivity index (χ0n) is 24.5. The van der Waals surface area contributed by atoms with E-state index >= 15 is 0 Å². The number of ether oxygens (including phenoxy) is 4. The Labute approximate surface area is 238 Å². The molecule has 2 N–H and O–H groups in total. The molecular weight excluding hydrogens is 524 g/mol. The number of carbonyl (C=O) groups excluding carboxylic acids is 4. The van der Waals surface area contributed by atoms with E-state index in [2.05, 4.69) is 16.4 Å². The molecule has 0 aromatic carbocycles. The van der Waals surface area contributed by atoms with Gasteiger partial charge in [0, 0.05) is 20.3 Å². The lowest BCUT2D eigenvalue weighted by Crippen LogP contribution is -2.47. The summed E-state index contributed by atoms with van der Waals surface area (Å²) in [6, 6.07) is 0. The number of hydrogen-bond acceptors (Lipinski definition) is 10. The lowest BCUT2D eigenvalue weighted by atomic mass is 10.0. The van der Waals surface area contributed by atoms with Gasteiger partial charge in [-0.25, -0.2) is 9.59 Å². The minimum absolute atomic E-state index is 0.175. The van der Waals surface area contributed by atoms with E-state index in [-0.39, 0.29) is 6.42 Å². The van der Waals surface area contributed by atoms with Crippen molar-refractivity contribution in [3.05, 3.63) is 0 Å². The number of aliphatic carboxylic acids is 1. The van der Waals surface area contributed by atoms with Crippen molar-refractivity contribution < 1.29 is 53.1 Å². The molecule has 0 radical (unpaired) electrons. The SMILES string of the molecule is CCCCCCCCCCCCCCCCCC(=O)OCC(CO)OC(=O)C(OC(C)=O)C(OC(C)=O)C(=O)O. The second kappa shape index (κ2) is 24.1. The van der Waals surface area contributed by atoms with Gasteiger partial charge in [0.2, 0.25) is 12.2 Å². The first kappa shape index (κ1) is 37.3. The zero-order valence-corrected chi connectivity index (χ0v) is 24.5. The molecule has 0 aromatic rings.